The Morgan fingerprint density at radius 3 is 2.06 bits per heavy atom. The first-order chi connectivity index (χ1) is 7.80. The van der Waals surface area contributed by atoms with Crippen molar-refractivity contribution in [1.82, 2.24) is 0 Å². The van der Waals surface area contributed by atoms with Gasteiger partial charge in [-0.05, 0) is 86.2 Å². The van der Waals surface area contributed by atoms with E-state index in [1.807, 2.05) is 0 Å². The molecule has 4 saturated carbocycles. The maximum Gasteiger partial charge on any atom is -0.00105 e. The molecule has 2 N–H and O–H groups in total. The molecular weight excluding hydrogens is 214 g/mol. The Kier molecular flexibility index (Phi) is 3.23. The molecule has 0 saturated heterocycles. The molecule has 4 aliphatic rings. The molecule has 0 unspecified atom stereocenters. The van der Waals surface area contributed by atoms with Crippen LogP contribution in [0.15, 0.2) is 0 Å². The molecular formula is C14H25NS. The van der Waals surface area contributed by atoms with Crippen LogP contribution in [0.5, 0.6) is 0 Å². The first-order valence-electron chi connectivity index (χ1n) is 7.07. The third-order valence-corrected chi connectivity index (χ3v) is 6.46. The van der Waals surface area contributed by atoms with Crippen LogP contribution in [0, 0.1) is 23.2 Å². The summed E-state index contributed by atoms with van der Waals surface area (Å²) in [6, 6.07) is 0. The van der Waals surface area contributed by atoms with Gasteiger partial charge in [-0.2, -0.15) is 11.8 Å². The molecule has 4 rings (SSSR count). The zero-order valence-corrected chi connectivity index (χ0v) is 11.1. The van der Waals surface area contributed by atoms with E-state index in [1.54, 1.807) is 38.5 Å². The van der Waals surface area contributed by atoms with E-state index in [0.29, 0.717) is 0 Å². The van der Waals surface area contributed by atoms with Crippen molar-refractivity contribution >= 4 is 11.8 Å². The van der Waals surface area contributed by atoms with Gasteiger partial charge in [0.1, 0.15) is 0 Å². The first kappa shape index (κ1) is 11.4. The molecule has 4 aliphatic carbocycles. The van der Waals surface area contributed by atoms with Gasteiger partial charge in [0.05, 0.1) is 0 Å². The van der Waals surface area contributed by atoms with Crippen LogP contribution in [-0.4, -0.2) is 18.1 Å². The molecule has 0 amide bonds. The van der Waals surface area contributed by atoms with Gasteiger partial charge in [0, 0.05) is 0 Å². The number of thioether (sulfide) groups is 1. The predicted octanol–water partition coefficient (Wildman–Crippen LogP) is 3.28. The van der Waals surface area contributed by atoms with Crippen LogP contribution in [0.2, 0.25) is 0 Å². The molecule has 0 aliphatic heterocycles. The molecule has 0 aromatic rings. The second-order valence-corrected chi connectivity index (χ2v) is 7.72. The third kappa shape index (κ3) is 2.15. The highest BCUT2D eigenvalue weighted by molar-refractivity contribution is 7.99. The van der Waals surface area contributed by atoms with Gasteiger partial charge in [0.25, 0.3) is 0 Å². The summed E-state index contributed by atoms with van der Waals surface area (Å²) in [5.74, 6) is 6.07. The second kappa shape index (κ2) is 4.53. The minimum absolute atomic E-state index is 0.772. The van der Waals surface area contributed by atoms with Crippen LogP contribution in [0.25, 0.3) is 0 Å². The molecule has 0 aromatic heterocycles. The van der Waals surface area contributed by atoms with E-state index in [1.165, 1.54) is 17.9 Å². The predicted molar refractivity (Wildman–Crippen MR) is 71.6 cm³/mol. The van der Waals surface area contributed by atoms with E-state index in [9.17, 15) is 0 Å². The lowest BCUT2D eigenvalue weighted by Gasteiger charge is -2.57. The number of rotatable bonds is 5. The molecule has 16 heavy (non-hydrogen) atoms. The van der Waals surface area contributed by atoms with Crippen molar-refractivity contribution in [3.05, 3.63) is 0 Å². The summed E-state index contributed by atoms with van der Waals surface area (Å²) in [5, 5.41) is 0. The monoisotopic (exact) mass is 239 g/mol. The zero-order valence-electron chi connectivity index (χ0n) is 10.3. The van der Waals surface area contributed by atoms with Gasteiger partial charge in [-0.1, -0.05) is 0 Å². The lowest BCUT2D eigenvalue weighted by molar-refractivity contribution is -0.0381. The minimum atomic E-state index is 0.772. The van der Waals surface area contributed by atoms with E-state index >= 15 is 0 Å². The normalized spacial score (nSPS) is 45.2. The Labute approximate surface area is 104 Å². The summed E-state index contributed by atoms with van der Waals surface area (Å²) < 4.78 is 0. The zero-order chi connectivity index (χ0) is 11.0. The van der Waals surface area contributed by atoms with Crippen LogP contribution in [-0.2, 0) is 0 Å². The van der Waals surface area contributed by atoms with Gasteiger partial charge in [-0.15, -0.1) is 0 Å². The summed E-state index contributed by atoms with van der Waals surface area (Å²) >= 11 is 2.19. The van der Waals surface area contributed by atoms with Gasteiger partial charge in [0.2, 0.25) is 0 Å². The van der Waals surface area contributed by atoms with E-state index in [0.717, 1.165) is 29.7 Å². The molecule has 0 spiro atoms. The summed E-state index contributed by atoms with van der Waals surface area (Å²) in [4.78, 5) is 0. The van der Waals surface area contributed by atoms with Crippen molar-refractivity contribution < 1.29 is 0 Å². The fraction of sp³-hybridized carbons (Fsp3) is 1.00. The molecule has 92 valence electrons. The van der Waals surface area contributed by atoms with Crippen LogP contribution in [0.3, 0.4) is 0 Å². The topological polar surface area (TPSA) is 26.0 Å². The molecule has 0 aromatic carbocycles. The Hall–Kier alpha value is 0.310. The van der Waals surface area contributed by atoms with E-state index in [2.05, 4.69) is 11.8 Å². The van der Waals surface area contributed by atoms with E-state index < -0.39 is 0 Å². The van der Waals surface area contributed by atoms with Crippen LogP contribution >= 0.6 is 11.8 Å². The average Bonchev–Trinajstić information content (AvgIpc) is 2.22. The lowest BCUT2D eigenvalue weighted by atomic mass is 9.50. The summed E-state index contributed by atoms with van der Waals surface area (Å²) in [6.45, 7) is 0.869. The maximum absolute atomic E-state index is 5.56. The fourth-order valence-corrected chi connectivity index (χ4v) is 6.24. The largest absolute Gasteiger partial charge is 0.330 e. The second-order valence-electron chi connectivity index (χ2n) is 6.61. The molecule has 0 heterocycles. The quantitative estimate of drug-likeness (QED) is 0.745. The molecule has 2 heteroatoms. The van der Waals surface area contributed by atoms with Crippen molar-refractivity contribution in [2.24, 2.45) is 28.9 Å². The van der Waals surface area contributed by atoms with Crippen LogP contribution in [0.1, 0.15) is 44.9 Å². The Morgan fingerprint density at radius 2 is 1.56 bits per heavy atom. The van der Waals surface area contributed by atoms with Crippen molar-refractivity contribution in [1.29, 1.82) is 0 Å². The molecule has 4 bridgehead atoms. The Morgan fingerprint density at radius 1 is 1.00 bits per heavy atom. The third-order valence-electron chi connectivity index (χ3n) is 5.07. The highest BCUT2D eigenvalue weighted by atomic mass is 32.2. The Bertz CT molecular complexity index is 216. The lowest BCUT2D eigenvalue weighted by Crippen LogP contribution is -2.47. The minimum Gasteiger partial charge on any atom is -0.330 e. The van der Waals surface area contributed by atoms with E-state index in [-0.39, 0.29) is 0 Å². The van der Waals surface area contributed by atoms with Gasteiger partial charge in [0.15, 0.2) is 0 Å². The molecule has 4 fully saturated rings. The molecule has 1 nitrogen and oxygen atoms in total. The van der Waals surface area contributed by atoms with Crippen molar-refractivity contribution in [2.75, 3.05) is 18.1 Å². The number of nitrogens with two attached hydrogens (primary N) is 1. The highest BCUT2D eigenvalue weighted by Gasteiger charge is 2.50. The Balaban J connectivity index is 1.56. The summed E-state index contributed by atoms with van der Waals surface area (Å²) in [7, 11) is 0. The molecule has 0 radical (unpaired) electrons. The number of hydrogen-bond donors (Lipinski definition) is 1. The first-order valence-corrected chi connectivity index (χ1v) is 8.23. The van der Waals surface area contributed by atoms with Crippen LogP contribution in [0.4, 0.5) is 0 Å². The smallest absolute Gasteiger partial charge is 0.00105 e. The van der Waals surface area contributed by atoms with Gasteiger partial charge in [-0.3, -0.25) is 0 Å². The molecule has 0 atom stereocenters. The summed E-state index contributed by atoms with van der Waals surface area (Å²) in [5.41, 5.74) is 6.33. The SMILES string of the molecule is NCCCSCC12CC3CC(CC(C3)C1)C2. The van der Waals surface area contributed by atoms with Crippen molar-refractivity contribution in [3.63, 3.8) is 0 Å². The highest BCUT2D eigenvalue weighted by Crippen LogP contribution is 2.60. The van der Waals surface area contributed by atoms with E-state index in [4.69, 9.17) is 5.73 Å². The van der Waals surface area contributed by atoms with Crippen LogP contribution < -0.4 is 5.73 Å². The van der Waals surface area contributed by atoms with Gasteiger partial charge >= 0.3 is 0 Å². The van der Waals surface area contributed by atoms with Crippen molar-refractivity contribution in [2.45, 2.75) is 44.9 Å². The van der Waals surface area contributed by atoms with Crippen molar-refractivity contribution in [3.8, 4) is 0 Å². The average molecular weight is 239 g/mol. The maximum atomic E-state index is 5.56. The summed E-state index contributed by atoms with van der Waals surface area (Å²) in [6.07, 6.45) is 10.6. The van der Waals surface area contributed by atoms with Gasteiger partial charge < -0.3 is 5.73 Å². The van der Waals surface area contributed by atoms with Gasteiger partial charge in [-0.25, -0.2) is 0 Å². The standard InChI is InChI=1S/C14H25NS/c15-2-1-3-16-10-14-7-11-4-12(8-14)6-13(5-11)9-14/h11-13H,1-10,15H2. The number of hydrogen-bond acceptors (Lipinski definition) is 2. The fourth-order valence-electron chi connectivity index (χ4n) is 4.94.